The normalized spacial score (nSPS) is 10.1. The van der Waals surface area contributed by atoms with E-state index in [-0.39, 0.29) is 17.8 Å². The molecule has 0 spiro atoms. The van der Waals surface area contributed by atoms with E-state index in [1.807, 2.05) is 0 Å². The van der Waals surface area contributed by atoms with Gasteiger partial charge in [-0.1, -0.05) is 18.1 Å². The van der Waals surface area contributed by atoms with Crippen molar-refractivity contribution in [2.24, 2.45) is 0 Å². The quantitative estimate of drug-likeness (QED) is 0.340. The second kappa shape index (κ2) is 8.62. The fourth-order valence-electron chi connectivity index (χ4n) is 2.44. The fourth-order valence-corrected chi connectivity index (χ4v) is 2.44. The first kappa shape index (κ1) is 19.7. The number of carbonyl (C=O) groups is 2. The SMILES string of the molecule is C#CCNC(=O)COC(=O)c1ccc(Cn2nc(C)c([N+](=O)[O-])c2C)cc1. The molecule has 1 heterocycles. The number of aromatic nitrogens is 2. The summed E-state index contributed by atoms with van der Waals surface area (Å²) >= 11 is 0. The first-order valence-corrected chi connectivity index (χ1v) is 7.98. The van der Waals surface area contributed by atoms with E-state index < -0.39 is 23.4 Å². The highest BCUT2D eigenvalue weighted by molar-refractivity contribution is 5.91. The molecule has 0 aliphatic rings. The minimum absolute atomic E-state index is 0.00156. The van der Waals surface area contributed by atoms with E-state index in [0.29, 0.717) is 17.9 Å². The minimum atomic E-state index is -0.640. The third-order valence-corrected chi connectivity index (χ3v) is 3.77. The van der Waals surface area contributed by atoms with Crippen LogP contribution in [0.3, 0.4) is 0 Å². The Labute approximate surface area is 155 Å². The van der Waals surface area contributed by atoms with Crippen LogP contribution in [-0.4, -0.2) is 39.7 Å². The zero-order valence-electron chi connectivity index (χ0n) is 14.9. The Bertz CT molecular complexity index is 909. The topological polar surface area (TPSA) is 116 Å². The van der Waals surface area contributed by atoms with Crippen LogP contribution >= 0.6 is 0 Å². The van der Waals surface area contributed by atoms with Crippen LogP contribution in [-0.2, 0) is 16.1 Å². The summed E-state index contributed by atoms with van der Waals surface area (Å²) < 4.78 is 6.44. The van der Waals surface area contributed by atoms with Crippen molar-refractivity contribution in [2.45, 2.75) is 20.4 Å². The highest BCUT2D eigenvalue weighted by Gasteiger charge is 2.21. The van der Waals surface area contributed by atoms with Gasteiger partial charge in [-0.25, -0.2) is 4.79 Å². The van der Waals surface area contributed by atoms with Crippen molar-refractivity contribution < 1.29 is 19.2 Å². The Balaban J connectivity index is 2.00. The monoisotopic (exact) mass is 370 g/mol. The van der Waals surface area contributed by atoms with Crippen LogP contribution < -0.4 is 5.32 Å². The molecule has 0 saturated heterocycles. The van der Waals surface area contributed by atoms with Gasteiger partial charge >= 0.3 is 11.7 Å². The van der Waals surface area contributed by atoms with Crippen molar-refractivity contribution in [1.29, 1.82) is 0 Å². The molecule has 0 radical (unpaired) electrons. The maximum atomic E-state index is 11.9. The van der Waals surface area contributed by atoms with Crippen molar-refractivity contribution in [1.82, 2.24) is 15.1 Å². The first-order chi connectivity index (χ1) is 12.8. The van der Waals surface area contributed by atoms with Gasteiger partial charge in [-0.05, 0) is 31.5 Å². The zero-order chi connectivity index (χ0) is 20.0. The minimum Gasteiger partial charge on any atom is -0.452 e. The molecule has 2 aromatic rings. The summed E-state index contributed by atoms with van der Waals surface area (Å²) in [5.74, 6) is 1.12. The molecule has 9 heteroatoms. The molecular formula is C18H18N4O5. The Morgan fingerprint density at radius 3 is 2.56 bits per heavy atom. The maximum Gasteiger partial charge on any atom is 0.338 e. The number of ether oxygens (including phenoxy) is 1. The molecule has 1 N–H and O–H groups in total. The second-order valence-corrected chi connectivity index (χ2v) is 5.69. The van der Waals surface area contributed by atoms with Gasteiger partial charge in [-0.15, -0.1) is 6.42 Å². The number of amides is 1. The van der Waals surface area contributed by atoms with E-state index in [9.17, 15) is 19.7 Å². The molecular weight excluding hydrogens is 352 g/mol. The van der Waals surface area contributed by atoms with Crippen LogP contribution in [0.25, 0.3) is 0 Å². The molecule has 0 aliphatic heterocycles. The first-order valence-electron chi connectivity index (χ1n) is 7.98. The molecule has 140 valence electrons. The number of esters is 1. The smallest absolute Gasteiger partial charge is 0.338 e. The largest absolute Gasteiger partial charge is 0.452 e. The summed E-state index contributed by atoms with van der Waals surface area (Å²) in [5, 5.41) is 17.6. The predicted octanol–water partition coefficient (Wildman–Crippen LogP) is 1.36. The third kappa shape index (κ3) is 4.92. The standard InChI is InChI=1S/C18H18N4O5/c1-4-9-19-16(23)11-27-18(24)15-7-5-14(6-8-15)10-21-13(3)17(22(25)26)12(2)20-21/h1,5-8H,9-11H2,2-3H3,(H,19,23). The molecule has 1 amide bonds. The van der Waals surface area contributed by atoms with Gasteiger partial charge in [0.15, 0.2) is 6.61 Å². The zero-order valence-corrected chi connectivity index (χ0v) is 14.9. The Kier molecular flexibility index (Phi) is 6.27. The number of nitrogens with zero attached hydrogens (tertiary/aromatic N) is 3. The van der Waals surface area contributed by atoms with Crippen LogP contribution in [0.5, 0.6) is 0 Å². The van der Waals surface area contributed by atoms with Crippen LogP contribution in [0.15, 0.2) is 24.3 Å². The van der Waals surface area contributed by atoms with Gasteiger partial charge < -0.3 is 10.1 Å². The number of aryl methyl sites for hydroxylation is 1. The summed E-state index contributed by atoms with van der Waals surface area (Å²) in [6.45, 7) is 3.19. The molecule has 0 bridgehead atoms. The molecule has 0 unspecified atom stereocenters. The van der Waals surface area contributed by atoms with Crippen molar-refractivity contribution in [3.63, 3.8) is 0 Å². The Morgan fingerprint density at radius 1 is 1.33 bits per heavy atom. The number of carbonyl (C=O) groups excluding carboxylic acids is 2. The van der Waals surface area contributed by atoms with Gasteiger partial charge in [-0.3, -0.25) is 19.6 Å². The molecule has 9 nitrogen and oxygen atoms in total. The van der Waals surface area contributed by atoms with Gasteiger partial charge in [-0.2, -0.15) is 5.10 Å². The van der Waals surface area contributed by atoms with E-state index in [1.54, 1.807) is 38.1 Å². The fraction of sp³-hybridized carbons (Fsp3) is 0.278. The third-order valence-electron chi connectivity index (χ3n) is 3.77. The van der Waals surface area contributed by atoms with E-state index in [4.69, 9.17) is 11.2 Å². The lowest BCUT2D eigenvalue weighted by molar-refractivity contribution is -0.386. The number of nitrogens with one attached hydrogen (secondary N) is 1. The summed E-state index contributed by atoms with van der Waals surface area (Å²) in [5.41, 5.74) is 1.89. The lowest BCUT2D eigenvalue weighted by Gasteiger charge is -2.07. The van der Waals surface area contributed by atoms with Crippen LogP contribution in [0.1, 0.15) is 27.3 Å². The number of hydrogen-bond acceptors (Lipinski definition) is 6. The van der Waals surface area contributed by atoms with Crippen LogP contribution in [0, 0.1) is 36.3 Å². The van der Waals surface area contributed by atoms with Gasteiger partial charge in [0, 0.05) is 0 Å². The molecule has 2 rings (SSSR count). The molecule has 1 aromatic carbocycles. The van der Waals surface area contributed by atoms with E-state index in [0.717, 1.165) is 5.56 Å². The van der Waals surface area contributed by atoms with Gasteiger partial charge in [0.1, 0.15) is 11.4 Å². The van der Waals surface area contributed by atoms with Crippen molar-refractivity contribution >= 4 is 17.6 Å². The lowest BCUT2D eigenvalue weighted by atomic mass is 10.1. The molecule has 0 atom stereocenters. The lowest BCUT2D eigenvalue weighted by Crippen LogP contribution is -2.28. The predicted molar refractivity (Wildman–Crippen MR) is 96.0 cm³/mol. The average Bonchev–Trinajstić information content (AvgIpc) is 2.91. The van der Waals surface area contributed by atoms with Crippen molar-refractivity contribution in [3.05, 3.63) is 56.9 Å². The van der Waals surface area contributed by atoms with Gasteiger partial charge in [0.2, 0.25) is 0 Å². The summed E-state index contributed by atoms with van der Waals surface area (Å²) in [4.78, 5) is 33.9. The highest BCUT2D eigenvalue weighted by atomic mass is 16.6. The van der Waals surface area contributed by atoms with Crippen molar-refractivity contribution in [2.75, 3.05) is 13.2 Å². The molecule has 1 aromatic heterocycles. The molecule has 27 heavy (non-hydrogen) atoms. The van der Waals surface area contributed by atoms with E-state index >= 15 is 0 Å². The van der Waals surface area contributed by atoms with Crippen molar-refractivity contribution in [3.8, 4) is 12.3 Å². The van der Waals surface area contributed by atoms with Gasteiger partial charge in [0.25, 0.3) is 5.91 Å². The van der Waals surface area contributed by atoms with Gasteiger partial charge in [0.05, 0.1) is 23.6 Å². The van der Waals surface area contributed by atoms with E-state index in [2.05, 4.69) is 16.3 Å². The highest BCUT2D eigenvalue weighted by Crippen LogP contribution is 2.22. The molecule has 0 aliphatic carbocycles. The maximum absolute atomic E-state index is 11.9. The second-order valence-electron chi connectivity index (χ2n) is 5.69. The van der Waals surface area contributed by atoms with Crippen LogP contribution in [0.2, 0.25) is 0 Å². The summed E-state index contributed by atoms with van der Waals surface area (Å²) in [7, 11) is 0. The Hall–Kier alpha value is -3.67. The Morgan fingerprint density at radius 2 is 2.00 bits per heavy atom. The number of rotatable bonds is 7. The summed E-state index contributed by atoms with van der Waals surface area (Å²) in [6.07, 6.45) is 5.01. The van der Waals surface area contributed by atoms with E-state index in [1.165, 1.54) is 4.68 Å². The summed E-state index contributed by atoms with van der Waals surface area (Å²) in [6, 6.07) is 6.49. The molecule has 0 fully saturated rings. The number of nitro groups is 1. The number of benzene rings is 1. The number of terminal acetylenes is 1. The molecule has 0 saturated carbocycles. The number of hydrogen-bond donors (Lipinski definition) is 1. The average molecular weight is 370 g/mol. The van der Waals surface area contributed by atoms with Crippen LogP contribution in [0.4, 0.5) is 5.69 Å².